The highest BCUT2D eigenvalue weighted by Crippen LogP contribution is 2.23. The van der Waals surface area contributed by atoms with E-state index in [1.165, 1.54) is 10.9 Å². The van der Waals surface area contributed by atoms with Gasteiger partial charge < -0.3 is 5.32 Å². The maximum atomic E-state index is 12.4. The van der Waals surface area contributed by atoms with Gasteiger partial charge in [-0.2, -0.15) is 0 Å². The first-order valence-corrected chi connectivity index (χ1v) is 8.71. The van der Waals surface area contributed by atoms with Gasteiger partial charge in [0, 0.05) is 17.0 Å². The molecule has 0 aliphatic carbocycles. The second kappa shape index (κ2) is 7.30. The lowest BCUT2D eigenvalue weighted by molar-refractivity contribution is -0.121. The van der Waals surface area contributed by atoms with E-state index in [2.05, 4.69) is 10.3 Å². The summed E-state index contributed by atoms with van der Waals surface area (Å²) < 4.78 is 1.33. The van der Waals surface area contributed by atoms with Gasteiger partial charge in [-0.25, -0.2) is 4.98 Å². The zero-order chi connectivity index (χ0) is 18.7. The van der Waals surface area contributed by atoms with Crippen LogP contribution in [0.3, 0.4) is 0 Å². The fourth-order valence-electron chi connectivity index (χ4n) is 2.75. The number of halogens is 1. The van der Waals surface area contributed by atoms with Crippen LogP contribution in [0.5, 0.6) is 0 Å². The van der Waals surface area contributed by atoms with Gasteiger partial charge >= 0.3 is 0 Å². The minimum atomic E-state index is -0.257. The van der Waals surface area contributed by atoms with Crippen LogP contribution in [0.1, 0.15) is 19.4 Å². The van der Waals surface area contributed by atoms with E-state index in [9.17, 15) is 9.59 Å². The number of hydrogen-bond acceptors (Lipinski definition) is 3. The van der Waals surface area contributed by atoms with E-state index in [0.717, 1.165) is 5.56 Å². The molecule has 0 saturated carbocycles. The predicted molar refractivity (Wildman–Crippen MR) is 103 cm³/mol. The molecular weight excluding hydrogens is 350 g/mol. The summed E-state index contributed by atoms with van der Waals surface area (Å²) in [6, 6.07) is 14.7. The topological polar surface area (TPSA) is 64.0 Å². The van der Waals surface area contributed by atoms with E-state index in [4.69, 9.17) is 11.6 Å². The van der Waals surface area contributed by atoms with Gasteiger partial charge in [0.2, 0.25) is 5.91 Å². The van der Waals surface area contributed by atoms with Crippen molar-refractivity contribution in [2.24, 2.45) is 0 Å². The van der Waals surface area contributed by atoms with Crippen molar-refractivity contribution >= 4 is 28.4 Å². The number of hydrogen-bond donors (Lipinski definition) is 1. The van der Waals surface area contributed by atoms with E-state index >= 15 is 0 Å². The normalized spacial score (nSPS) is 11.5. The Kier molecular flexibility index (Phi) is 5.09. The summed E-state index contributed by atoms with van der Waals surface area (Å²) >= 11 is 5.93. The molecule has 1 heterocycles. The highest BCUT2D eigenvalue weighted by Gasteiger charge is 2.21. The minimum Gasteiger partial charge on any atom is -0.354 e. The summed E-state index contributed by atoms with van der Waals surface area (Å²) in [4.78, 5) is 29.0. The molecule has 0 bridgehead atoms. The molecule has 3 aromatic rings. The van der Waals surface area contributed by atoms with Crippen LogP contribution in [-0.4, -0.2) is 22.0 Å². The third-order valence-electron chi connectivity index (χ3n) is 4.40. The largest absolute Gasteiger partial charge is 0.354 e. The summed E-state index contributed by atoms with van der Waals surface area (Å²) in [6.07, 6.45) is 1.41. The molecule has 134 valence electrons. The average molecular weight is 370 g/mol. The maximum absolute atomic E-state index is 12.4. The molecule has 1 aromatic heterocycles. The molecule has 0 fully saturated rings. The Morgan fingerprint density at radius 3 is 2.58 bits per heavy atom. The van der Waals surface area contributed by atoms with Crippen LogP contribution in [0.15, 0.2) is 59.7 Å². The molecule has 0 aliphatic heterocycles. The van der Waals surface area contributed by atoms with Gasteiger partial charge in [-0.15, -0.1) is 0 Å². The van der Waals surface area contributed by atoms with Crippen molar-refractivity contribution in [1.29, 1.82) is 0 Å². The van der Waals surface area contributed by atoms with Crippen molar-refractivity contribution in [2.75, 3.05) is 6.54 Å². The van der Waals surface area contributed by atoms with Crippen LogP contribution < -0.4 is 10.9 Å². The maximum Gasteiger partial charge on any atom is 0.261 e. The van der Waals surface area contributed by atoms with Gasteiger partial charge in [-0.1, -0.05) is 49.7 Å². The Labute approximate surface area is 156 Å². The number of fused-ring (bicyclic) bond motifs is 1. The lowest BCUT2D eigenvalue weighted by Gasteiger charge is -2.25. The van der Waals surface area contributed by atoms with Crippen molar-refractivity contribution in [3.05, 3.63) is 75.8 Å². The molecule has 1 amide bonds. The fraction of sp³-hybridized carbons (Fsp3) is 0.250. The Morgan fingerprint density at radius 1 is 1.15 bits per heavy atom. The molecule has 5 nitrogen and oxygen atoms in total. The Bertz CT molecular complexity index is 994. The predicted octanol–water partition coefficient (Wildman–Crippen LogP) is 3.14. The Hall–Kier alpha value is -2.66. The molecular formula is C20H20ClN3O2. The van der Waals surface area contributed by atoms with Crippen molar-refractivity contribution in [3.63, 3.8) is 0 Å². The molecule has 3 rings (SSSR count). The van der Waals surface area contributed by atoms with E-state index < -0.39 is 0 Å². The summed E-state index contributed by atoms with van der Waals surface area (Å²) in [5.41, 5.74) is 1.22. The summed E-state index contributed by atoms with van der Waals surface area (Å²) in [6.45, 7) is 4.47. The number of benzene rings is 2. The Balaban J connectivity index is 1.68. The number of nitrogens with zero attached hydrogens (tertiary/aromatic N) is 2. The molecule has 2 aromatic carbocycles. The molecule has 6 heteroatoms. The first-order chi connectivity index (χ1) is 12.4. The van der Waals surface area contributed by atoms with Crippen LogP contribution in [0.25, 0.3) is 10.9 Å². The first kappa shape index (κ1) is 18.1. The van der Waals surface area contributed by atoms with E-state index in [-0.39, 0.29) is 23.4 Å². The highest BCUT2D eigenvalue weighted by molar-refractivity contribution is 6.30. The second-order valence-electron chi connectivity index (χ2n) is 6.86. The number of aromatic nitrogens is 2. The zero-order valence-electron chi connectivity index (χ0n) is 14.7. The number of amides is 1. The number of carbonyl (C=O) groups is 1. The van der Waals surface area contributed by atoms with Crippen molar-refractivity contribution in [1.82, 2.24) is 14.9 Å². The second-order valence-corrected chi connectivity index (χ2v) is 7.30. The number of para-hydroxylation sites is 1. The number of carbonyl (C=O) groups excluding carboxylic acids is 1. The molecule has 0 radical (unpaired) electrons. The van der Waals surface area contributed by atoms with Crippen LogP contribution in [-0.2, 0) is 16.8 Å². The van der Waals surface area contributed by atoms with E-state index in [1.54, 1.807) is 18.2 Å². The van der Waals surface area contributed by atoms with Crippen LogP contribution in [0.4, 0.5) is 0 Å². The average Bonchev–Trinajstić information content (AvgIpc) is 2.63. The van der Waals surface area contributed by atoms with Crippen LogP contribution in [0.2, 0.25) is 5.02 Å². The number of nitrogens with one attached hydrogen (secondary N) is 1. The molecule has 26 heavy (non-hydrogen) atoms. The SMILES string of the molecule is CC(C)(CNC(=O)Cn1cnc2ccccc2c1=O)c1ccc(Cl)cc1. The first-order valence-electron chi connectivity index (χ1n) is 8.34. The molecule has 0 atom stereocenters. The van der Waals surface area contributed by atoms with Gasteiger partial charge in [0.25, 0.3) is 5.56 Å². The van der Waals surface area contributed by atoms with E-state index in [0.29, 0.717) is 22.5 Å². The third-order valence-corrected chi connectivity index (χ3v) is 4.65. The van der Waals surface area contributed by atoms with E-state index in [1.807, 2.05) is 44.2 Å². The summed E-state index contributed by atoms with van der Waals surface area (Å²) in [5.74, 6) is -0.230. The summed E-state index contributed by atoms with van der Waals surface area (Å²) in [7, 11) is 0. The third kappa shape index (κ3) is 3.94. The monoisotopic (exact) mass is 369 g/mol. The molecule has 1 N–H and O–H groups in total. The molecule has 0 saturated heterocycles. The number of rotatable bonds is 5. The summed E-state index contributed by atoms with van der Waals surface area (Å²) in [5, 5.41) is 4.08. The molecule has 0 spiro atoms. The van der Waals surface area contributed by atoms with Crippen LogP contribution >= 0.6 is 11.6 Å². The lowest BCUT2D eigenvalue weighted by atomic mass is 9.84. The van der Waals surface area contributed by atoms with Crippen molar-refractivity contribution in [3.8, 4) is 0 Å². The zero-order valence-corrected chi connectivity index (χ0v) is 15.5. The van der Waals surface area contributed by atoms with Crippen LogP contribution in [0, 0.1) is 0 Å². The van der Waals surface area contributed by atoms with Gasteiger partial charge in [0.15, 0.2) is 0 Å². The quantitative estimate of drug-likeness (QED) is 0.751. The van der Waals surface area contributed by atoms with Gasteiger partial charge in [0.1, 0.15) is 6.54 Å². The Morgan fingerprint density at radius 2 is 1.85 bits per heavy atom. The fourth-order valence-corrected chi connectivity index (χ4v) is 2.88. The molecule has 0 unspecified atom stereocenters. The van der Waals surface area contributed by atoms with Gasteiger partial charge in [0.05, 0.1) is 17.2 Å². The van der Waals surface area contributed by atoms with Crippen molar-refractivity contribution < 1.29 is 4.79 Å². The molecule has 0 aliphatic rings. The smallest absolute Gasteiger partial charge is 0.261 e. The van der Waals surface area contributed by atoms with Gasteiger partial charge in [-0.05, 0) is 29.8 Å². The standard InChI is InChI=1S/C20H20ClN3O2/c1-20(2,14-7-9-15(21)10-8-14)12-22-18(25)11-24-13-23-17-6-4-3-5-16(17)19(24)26/h3-10,13H,11-12H2,1-2H3,(H,22,25). The minimum absolute atomic E-state index is 0.0621. The van der Waals surface area contributed by atoms with Gasteiger partial charge in [-0.3, -0.25) is 14.2 Å². The van der Waals surface area contributed by atoms with Crippen molar-refractivity contribution in [2.45, 2.75) is 25.8 Å². The lowest BCUT2D eigenvalue weighted by Crippen LogP contribution is -2.39. The highest BCUT2D eigenvalue weighted by atomic mass is 35.5.